The lowest BCUT2D eigenvalue weighted by molar-refractivity contribution is -0.120. The van der Waals surface area contributed by atoms with Crippen LogP contribution in [0.25, 0.3) is 0 Å². The zero-order chi connectivity index (χ0) is 11.3. The number of aromatic hydroxyl groups is 1. The van der Waals surface area contributed by atoms with Gasteiger partial charge in [-0.25, -0.2) is 0 Å². The smallest absolute Gasteiger partial charge is 0.227 e. The summed E-state index contributed by atoms with van der Waals surface area (Å²) in [6.45, 7) is 3.97. The second kappa shape index (κ2) is 5.39. The van der Waals surface area contributed by atoms with Crippen molar-refractivity contribution in [3.63, 3.8) is 0 Å². The van der Waals surface area contributed by atoms with Crippen molar-refractivity contribution in [2.24, 2.45) is 5.92 Å². The SMILES string of the molecule is CCC(CC)C(=O)Nc1ccccc1O. The maximum Gasteiger partial charge on any atom is 0.227 e. The van der Waals surface area contributed by atoms with Crippen LogP contribution in [-0.2, 0) is 4.79 Å². The second-order valence-electron chi connectivity index (χ2n) is 3.52. The van der Waals surface area contributed by atoms with Gasteiger partial charge in [-0.1, -0.05) is 26.0 Å². The molecular weight excluding hydrogens is 190 g/mol. The summed E-state index contributed by atoms with van der Waals surface area (Å²) < 4.78 is 0. The van der Waals surface area contributed by atoms with Gasteiger partial charge in [0, 0.05) is 5.92 Å². The molecule has 0 aliphatic carbocycles. The summed E-state index contributed by atoms with van der Waals surface area (Å²) in [4.78, 5) is 11.7. The van der Waals surface area contributed by atoms with Crippen LogP contribution in [0.15, 0.2) is 24.3 Å². The molecule has 0 bridgehead atoms. The Balaban J connectivity index is 2.70. The Morgan fingerprint density at radius 2 is 1.93 bits per heavy atom. The molecule has 2 N–H and O–H groups in total. The molecule has 0 spiro atoms. The number of amides is 1. The number of para-hydroxylation sites is 2. The van der Waals surface area contributed by atoms with Crippen LogP contribution in [0, 0.1) is 5.92 Å². The summed E-state index contributed by atoms with van der Waals surface area (Å²) in [6.07, 6.45) is 1.63. The van der Waals surface area contributed by atoms with Gasteiger partial charge in [-0.05, 0) is 25.0 Å². The molecule has 1 amide bonds. The lowest BCUT2D eigenvalue weighted by Gasteiger charge is -2.13. The Morgan fingerprint density at radius 3 is 2.47 bits per heavy atom. The number of hydrogen-bond acceptors (Lipinski definition) is 2. The van der Waals surface area contributed by atoms with E-state index in [2.05, 4.69) is 5.32 Å². The predicted molar refractivity (Wildman–Crippen MR) is 60.8 cm³/mol. The molecule has 82 valence electrons. The van der Waals surface area contributed by atoms with E-state index in [1.54, 1.807) is 24.3 Å². The molecule has 15 heavy (non-hydrogen) atoms. The van der Waals surface area contributed by atoms with Crippen LogP contribution in [0.1, 0.15) is 26.7 Å². The minimum Gasteiger partial charge on any atom is -0.506 e. The summed E-state index contributed by atoms with van der Waals surface area (Å²) in [5.74, 6) is 0.0999. The third-order valence-corrected chi connectivity index (χ3v) is 2.52. The zero-order valence-electron chi connectivity index (χ0n) is 9.16. The lowest BCUT2D eigenvalue weighted by Crippen LogP contribution is -2.21. The van der Waals surface area contributed by atoms with E-state index in [0.717, 1.165) is 12.8 Å². The highest BCUT2D eigenvalue weighted by Crippen LogP contribution is 2.22. The van der Waals surface area contributed by atoms with Crippen molar-refractivity contribution >= 4 is 11.6 Å². The van der Waals surface area contributed by atoms with E-state index in [1.165, 1.54) is 0 Å². The fourth-order valence-electron chi connectivity index (χ4n) is 1.47. The van der Waals surface area contributed by atoms with E-state index in [0.29, 0.717) is 5.69 Å². The molecule has 0 aliphatic heterocycles. The van der Waals surface area contributed by atoms with Crippen LogP contribution in [0.4, 0.5) is 5.69 Å². The molecule has 1 aromatic carbocycles. The summed E-state index contributed by atoms with van der Waals surface area (Å²) in [6, 6.07) is 6.75. The van der Waals surface area contributed by atoms with Gasteiger partial charge in [0.25, 0.3) is 0 Å². The molecule has 3 nitrogen and oxygen atoms in total. The van der Waals surface area contributed by atoms with E-state index in [-0.39, 0.29) is 17.6 Å². The molecule has 0 atom stereocenters. The average Bonchev–Trinajstić information content (AvgIpc) is 2.23. The van der Waals surface area contributed by atoms with E-state index in [9.17, 15) is 9.90 Å². The highest BCUT2D eigenvalue weighted by atomic mass is 16.3. The Kier molecular flexibility index (Phi) is 4.16. The Morgan fingerprint density at radius 1 is 1.33 bits per heavy atom. The van der Waals surface area contributed by atoms with Crippen molar-refractivity contribution in [2.45, 2.75) is 26.7 Å². The summed E-state index contributed by atoms with van der Waals surface area (Å²) in [5.41, 5.74) is 0.481. The Hall–Kier alpha value is -1.51. The van der Waals surface area contributed by atoms with Crippen LogP contribution >= 0.6 is 0 Å². The monoisotopic (exact) mass is 207 g/mol. The minimum atomic E-state index is -0.0264. The van der Waals surface area contributed by atoms with Gasteiger partial charge in [0.15, 0.2) is 0 Å². The van der Waals surface area contributed by atoms with E-state index < -0.39 is 0 Å². The molecular formula is C12H17NO2. The maximum absolute atomic E-state index is 11.7. The van der Waals surface area contributed by atoms with Crippen molar-refractivity contribution in [1.29, 1.82) is 0 Å². The third-order valence-electron chi connectivity index (χ3n) is 2.52. The molecule has 3 heteroatoms. The number of hydrogen-bond donors (Lipinski definition) is 2. The normalized spacial score (nSPS) is 10.3. The number of anilines is 1. The number of nitrogens with one attached hydrogen (secondary N) is 1. The van der Waals surface area contributed by atoms with Gasteiger partial charge in [-0.2, -0.15) is 0 Å². The van der Waals surface area contributed by atoms with E-state index in [1.807, 2.05) is 13.8 Å². The van der Waals surface area contributed by atoms with Gasteiger partial charge in [0.2, 0.25) is 5.91 Å². The largest absolute Gasteiger partial charge is 0.506 e. The van der Waals surface area contributed by atoms with Crippen LogP contribution < -0.4 is 5.32 Å². The second-order valence-corrected chi connectivity index (χ2v) is 3.52. The molecule has 1 rings (SSSR count). The first-order valence-corrected chi connectivity index (χ1v) is 5.27. The predicted octanol–water partition coefficient (Wildman–Crippen LogP) is 2.77. The molecule has 0 heterocycles. The molecule has 0 aromatic heterocycles. The third kappa shape index (κ3) is 2.98. The Bertz CT molecular complexity index is 332. The minimum absolute atomic E-state index is 0.0182. The highest BCUT2D eigenvalue weighted by molar-refractivity contribution is 5.93. The number of carbonyl (C=O) groups is 1. The van der Waals surface area contributed by atoms with E-state index in [4.69, 9.17) is 0 Å². The molecule has 0 saturated carbocycles. The van der Waals surface area contributed by atoms with Crippen molar-refractivity contribution in [3.8, 4) is 5.75 Å². The highest BCUT2D eigenvalue weighted by Gasteiger charge is 2.14. The van der Waals surface area contributed by atoms with Gasteiger partial charge in [0.1, 0.15) is 5.75 Å². The first kappa shape index (κ1) is 11.6. The fraction of sp³-hybridized carbons (Fsp3) is 0.417. The first-order chi connectivity index (χ1) is 7.19. The quantitative estimate of drug-likeness (QED) is 0.746. The van der Waals surface area contributed by atoms with Crippen molar-refractivity contribution in [3.05, 3.63) is 24.3 Å². The van der Waals surface area contributed by atoms with Crippen molar-refractivity contribution in [2.75, 3.05) is 5.32 Å². The number of rotatable bonds is 4. The van der Waals surface area contributed by atoms with Gasteiger partial charge < -0.3 is 10.4 Å². The van der Waals surface area contributed by atoms with Crippen LogP contribution in [0.5, 0.6) is 5.75 Å². The number of phenols is 1. The molecule has 0 unspecified atom stereocenters. The first-order valence-electron chi connectivity index (χ1n) is 5.27. The molecule has 0 radical (unpaired) electrons. The summed E-state index contributed by atoms with van der Waals surface area (Å²) >= 11 is 0. The van der Waals surface area contributed by atoms with Gasteiger partial charge in [0.05, 0.1) is 5.69 Å². The molecule has 0 fully saturated rings. The zero-order valence-corrected chi connectivity index (χ0v) is 9.16. The molecule has 0 aliphatic rings. The van der Waals surface area contributed by atoms with Crippen LogP contribution in [0.2, 0.25) is 0 Å². The Labute approximate surface area is 90.1 Å². The topological polar surface area (TPSA) is 49.3 Å². The summed E-state index contributed by atoms with van der Waals surface area (Å²) in [7, 11) is 0. The van der Waals surface area contributed by atoms with Crippen molar-refractivity contribution in [1.82, 2.24) is 0 Å². The summed E-state index contributed by atoms with van der Waals surface area (Å²) in [5, 5.41) is 12.2. The van der Waals surface area contributed by atoms with Crippen LogP contribution in [-0.4, -0.2) is 11.0 Å². The number of carbonyl (C=O) groups excluding carboxylic acids is 1. The maximum atomic E-state index is 11.7. The molecule has 0 saturated heterocycles. The van der Waals surface area contributed by atoms with Gasteiger partial charge in [-0.15, -0.1) is 0 Å². The average molecular weight is 207 g/mol. The van der Waals surface area contributed by atoms with Crippen LogP contribution in [0.3, 0.4) is 0 Å². The number of phenolic OH excluding ortho intramolecular Hbond substituents is 1. The standard InChI is InChI=1S/C12H17NO2/c1-3-9(4-2)12(15)13-10-7-5-6-8-11(10)14/h5-9,14H,3-4H2,1-2H3,(H,13,15). The fourth-order valence-corrected chi connectivity index (χ4v) is 1.47. The van der Waals surface area contributed by atoms with Gasteiger partial charge in [-0.3, -0.25) is 4.79 Å². The lowest BCUT2D eigenvalue weighted by atomic mass is 10.0. The number of benzene rings is 1. The van der Waals surface area contributed by atoms with E-state index >= 15 is 0 Å². The van der Waals surface area contributed by atoms with Gasteiger partial charge >= 0.3 is 0 Å². The van der Waals surface area contributed by atoms with Crippen molar-refractivity contribution < 1.29 is 9.90 Å². The molecule has 1 aromatic rings.